The molecule has 0 aliphatic heterocycles. The summed E-state index contributed by atoms with van der Waals surface area (Å²) < 4.78 is 17.8. The molecule has 2 heterocycles. The van der Waals surface area contributed by atoms with Crippen LogP contribution in [0.4, 0.5) is 4.79 Å². The van der Waals surface area contributed by atoms with Crippen molar-refractivity contribution >= 4 is 17.1 Å². The fourth-order valence-electron chi connectivity index (χ4n) is 4.13. The Hall–Kier alpha value is -4.66. The van der Waals surface area contributed by atoms with Crippen LogP contribution in [0.3, 0.4) is 0 Å². The summed E-state index contributed by atoms with van der Waals surface area (Å²) in [7, 11) is 0. The van der Waals surface area contributed by atoms with Crippen LogP contribution in [-0.4, -0.2) is 37.2 Å². The van der Waals surface area contributed by atoms with Gasteiger partial charge in [-0.05, 0) is 56.2 Å². The number of furan rings is 1. The van der Waals surface area contributed by atoms with Crippen LogP contribution in [0.1, 0.15) is 43.3 Å². The van der Waals surface area contributed by atoms with Crippen LogP contribution in [-0.2, 0) is 19.6 Å². The topological polar surface area (TPSA) is 106 Å². The van der Waals surface area contributed by atoms with Crippen LogP contribution < -0.4 is 9.47 Å². The Kier molecular flexibility index (Phi) is 7.08. The van der Waals surface area contributed by atoms with Crippen molar-refractivity contribution in [3.63, 3.8) is 0 Å². The third kappa shape index (κ3) is 5.83. The minimum atomic E-state index is -0.453. The van der Waals surface area contributed by atoms with E-state index in [4.69, 9.17) is 13.9 Å². The summed E-state index contributed by atoms with van der Waals surface area (Å²) in [5, 5.41) is 14.9. The summed E-state index contributed by atoms with van der Waals surface area (Å²) >= 11 is 0. The third-order valence-corrected chi connectivity index (χ3v) is 6.11. The number of H-pyrrole nitrogens is 1. The second-order valence-electron chi connectivity index (χ2n) is 9.94. The number of amides is 1. The number of benzene rings is 3. The first-order chi connectivity index (χ1) is 18.4. The van der Waals surface area contributed by atoms with E-state index < -0.39 is 11.6 Å². The lowest BCUT2D eigenvalue weighted by Crippen LogP contribution is -2.46. The number of hydrogen-bond acceptors (Lipinski definition) is 7. The smallest absolute Gasteiger partial charge is 0.415 e. The number of rotatable bonds is 8. The molecule has 0 aliphatic carbocycles. The zero-order valence-corrected chi connectivity index (χ0v) is 21.5. The number of aromatic nitrogens is 4. The number of ether oxygens (including phenoxy) is 2. The summed E-state index contributed by atoms with van der Waals surface area (Å²) in [5.41, 5.74) is 2.91. The molecule has 9 nitrogen and oxygen atoms in total. The van der Waals surface area contributed by atoms with Gasteiger partial charge in [-0.3, -0.25) is 4.90 Å². The lowest BCUT2D eigenvalue weighted by atomic mass is 10.1. The van der Waals surface area contributed by atoms with Crippen molar-refractivity contribution in [2.45, 2.75) is 45.9 Å². The van der Waals surface area contributed by atoms with E-state index in [0.29, 0.717) is 41.3 Å². The first-order valence-corrected chi connectivity index (χ1v) is 12.3. The number of carbonyl (C=O) groups is 1. The summed E-state index contributed by atoms with van der Waals surface area (Å²) in [6.07, 6.45) is 1.63. The van der Waals surface area contributed by atoms with Crippen molar-refractivity contribution in [1.82, 2.24) is 25.5 Å². The highest BCUT2D eigenvalue weighted by Gasteiger charge is 2.29. The number of fused-ring (bicyclic) bond motifs is 1. The van der Waals surface area contributed by atoms with Crippen LogP contribution >= 0.6 is 0 Å². The molecule has 0 atom stereocenters. The molecule has 0 saturated heterocycles. The lowest BCUT2D eigenvalue weighted by molar-refractivity contribution is 0.102. The average molecular weight is 512 g/mol. The number of tetrazole rings is 1. The van der Waals surface area contributed by atoms with Gasteiger partial charge in [-0.1, -0.05) is 53.7 Å². The van der Waals surface area contributed by atoms with Gasteiger partial charge in [0.05, 0.1) is 11.6 Å². The van der Waals surface area contributed by atoms with Gasteiger partial charge in [-0.15, -0.1) is 10.2 Å². The van der Waals surface area contributed by atoms with E-state index in [-0.39, 0.29) is 6.61 Å². The van der Waals surface area contributed by atoms with Gasteiger partial charge in [-0.25, -0.2) is 4.79 Å². The average Bonchev–Trinajstić information content (AvgIpc) is 3.59. The molecular weight excluding hydrogens is 482 g/mol. The van der Waals surface area contributed by atoms with Crippen LogP contribution in [0.25, 0.3) is 11.0 Å². The van der Waals surface area contributed by atoms with Crippen molar-refractivity contribution in [2.75, 3.05) is 0 Å². The molecule has 1 amide bonds. The van der Waals surface area contributed by atoms with Gasteiger partial charge in [-0.2, -0.15) is 5.21 Å². The van der Waals surface area contributed by atoms with Gasteiger partial charge >= 0.3 is 6.09 Å². The predicted molar refractivity (Wildman–Crippen MR) is 142 cm³/mol. The Balaban J connectivity index is 1.36. The van der Waals surface area contributed by atoms with E-state index >= 15 is 0 Å². The molecule has 0 aliphatic rings. The number of nitrogens with one attached hydrogen (secondary N) is 1. The Morgan fingerprint density at radius 3 is 2.53 bits per heavy atom. The maximum absolute atomic E-state index is 13.4. The van der Waals surface area contributed by atoms with Gasteiger partial charge in [0.2, 0.25) is 0 Å². The maximum atomic E-state index is 13.4. The van der Waals surface area contributed by atoms with Crippen LogP contribution in [0.5, 0.6) is 11.5 Å². The zero-order chi connectivity index (χ0) is 26.5. The van der Waals surface area contributed by atoms with Crippen molar-refractivity contribution in [2.24, 2.45) is 0 Å². The lowest BCUT2D eigenvalue weighted by Gasteiger charge is -2.34. The van der Waals surface area contributed by atoms with E-state index in [2.05, 4.69) is 20.6 Å². The largest absolute Gasteiger partial charge is 0.489 e. The van der Waals surface area contributed by atoms with Crippen LogP contribution in [0, 0.1) is 0 Å². The zero-order valence-electron chi connectivity index (χ0n) is 21.5. The van der Waals surface area contributed by atoms with Gasteiger partial charge in [0, 0.05) is 24.1 Å². The molecule has 5 aromatic rings. The summed E-state index contributed by atoms with van der Waals surface area (Å²) in [5.74, 6) is 1.70. The third-order valence-electron chi connectivity index (χ3n) is 6.11. The fraction of sp³-hybridized carbons (Fsp3) is 0.241. The number of carbonyl (C=O) groups excluding carboxylic acids is 1. The Morgan fingerprint density at radius 2 is 1.76 bits per heavy atom. The SMILES string of the molecule is CC(C)(C)N(Cc1ccccc1)C(=O)Oc1cc(COc2ccccc2Cc2nn[nH]n2)cc2occc12. The second-order valence-corrected chi connectivity index (χ2v) is 9.94. The molecule has 0 bridgehead atoms. The van der Waals surface area contributed by atoms with Crippen molar-refractivity contribution in [1.29, 1.82) is 0 Å². The van der Waals surface area contributed by atoms with Gasteiger partial charge < -0.3 is 13.9 Å². The predicted octanol–water partition coefficient (Wildman–Crippen LogP) is 5.92. The maximum Gasteiger partial charge on any atom is 0.415 e. The minimum absolute atomic E-state index is 0.247. The molecule has 2 aromatic heterocycles. The fourth-order valence-corrected chi connectivity index (χ4v) is 4.13. The van der Waals surface area contributed by atoms with Gasteiger partial charge in [0.25, 0.3) is 0 Å². The summed E-state index contributed by atoms with van der Waals surface area (Å²) in [6, 6.07) is 23.1. The molecule has 0 spiro atoms. The molecule has 0 unspecified atom stereocenters. The number of hydrogen-bond donors (Lipinski definition) is 1. The van der Waals surface area contributed by atoms with Crippen LogP contribution in [0.2, 0.25) is 0 Å². The second kappa shape index (κ2) is 10.8. The highest BCUT2D eigenvalue weighted by atomic mass is 16.6. The van der Waals surface area contributed by atoms with Crippen molar-refractivity contribution < 1.29 is 18.7 Å². The van der Waals surface area contributed by atoms with E-state index in [1.807, 2.05) is 87.5 Å². The minimum Gasteiger partial charge on any atom is -0.489 e. The standard InChI is InChI=1S/C29H29N5O4/c1-29(2,3)34(18-20-9-5-4-6-10-20)28(35)38-26-16-21(15-25-23(26)13-14-36-25)19-37-24-12-8-7-11-22(24)17-27-30-32-33-31-27/h4-16H,17-19H2,1-3H3,(H,30,31,32,33). The number of nitrogens with zero attached hydrogens (tertiary/aromatic N) is 4. The molecule has 3 aromatic carbocycles. The highest BCUT2D eigenvalue weighted by molar-refractivity contribution is 5.87. The number of para-hydroxylation sites is 1. The molecule has 194 valence electrons. The summed E-state index contributed by atoms with van der Waals surface area (Å²) in [4.78, 5) is 15.2. The van der Waals surface area contributed by atoms with Gasteiger partial charge in [0.15, 0.2) is 5.82 Å². The molecular formula is C29H29N5O4. The molecule has 38 heavy (non-hydrogen) atoms. The molecule has 0 saturated carbocycles. The first-order valence-electron chi connectivity index (χ1n) is 12.3. The normalized spacial score (nSPS) is 11.4. The van der Waals surface area contributed by atoms with E-state index in [0.717, 1.165) is 16.7 Å². The van der Waals surface area contributed by atoms with Crippen LogP contribution in [0.15, 0.2) is 83.5 Å². The molecule has 1 N–H and O–H groups in total. The Labute approximate surface area is 220 Å². The Morgan fingerprint density at radius 1 is 0.974 bits per heavy atom. The monoisotopic (exact) mass is 511 g/mol. The molecule has 5 rings (SSSR count). The Bertz CT molecular complexity index is 1510. The van der Waals surface area contributed by atoms with E-state index in [1.165, 1.54) is 0 Å². The van der Waals surface area contributed by atoms with E-state index in [1.54, 1.807) is 17.2 Å². The van der Waals surface area contributed by atoms with Crippen molar-refractivity contribution in [3.8, 4) is 11.5 Å². The highest BCUT2D eigenvalue weighted by Crippen LogP contribution is 2.31. The number of aromatic amines is 1. The molecule has 9 heteroatoms. The van der Waals surface area contributed by atoms with Gasteiger partial charge in [0.1, 0.15) is 23.7 Å². The van der Waals surface area contributed by atoms with E-state index in [9.17, 15) is 4.79 Å². The quantitative estimate of drug-likeness (QED) is 0.276. The molecule has 0 radical (unpaired) electrons. The van der Waals surface area contributed by atoms with Crippen molar-refractivity contribution in [3.05, 3.63) is 102 Å². The summed E-state index contributed by atoms with van der Waals surface area (Å²) in [6.45, 7) is 6.64. The first kappa shape index (κ1) is 25.0. The molecule has 0 fully saturated rings.